The monoisotopic (exact) mass is 416 g/mol. The van der Waals surface area contributed by atoms with Crippen molar-refractivity contribution in [3.63, 3.8) is 0 Å². The molecular formula is C20H21FN4O3S. The van der Waals surface area contributed by atoms with Crippen LogP contribution < -0.4 is 10.0 Å². The molecule has 2 N–H and O–H groups in total. The molecule has 2 aliphatic rings. The third kappa shape index (κ3) is 3.73. The fraction of sp³-hybridized carbons (Fsp3) is 0.350. The van der Waals surface area contributed by atoms with Gasteiger partial charge in [-0.3, -0.25) is 4.68 Å². The zero-order valence-corrected chi connectivity index (χ0v) is 16.5. The minimum atomic E-state index is -3.67. The van der Waals surface area contributed by atoms with Crippen LogP contribution in [0, 0.1) is 5.82 Å². The number of nitrogens with one attached hydrogen (secondary N) is 2. The highest BCUT2D eigenvalue weighted by Crippen LogP contribution is 2.39. The molecule has 9 heteroatoms. The number of nitrogens with zero attached hydrogens (tertiary/aromatic N) is 2. The van der Waals surface area contributed by atoms with Crippen LogP contribution in [0.15, 0.2) is 47.4 Å². The zero-order valence-electron chi connectivity index (χ0n) is 15.6. The fourth-order valence-electron chi connectivity index (χ4n) is 3.56. The predicted octanol–water partition coefficient (Wildman–Crippen LogP) is 3.32. The van der Waals surface area contributed by atoms with Gasteiger partial charge in [0.1, 0.15) is 5.82 Å². The quantitative estimate of drug-likeness (QED) is 0.644. The van der Waals surface area contributed by atoms with Crippen molar-refractivity contribution in [2.45, 2.75) is 36.2 Å². The average Bonchev–Trinajstić information content (AvgIpc) is 3.31. The van der Waals surface area contributed by atoms with Crippen LogP contribution >= 0.6 is 0 Å². The second-order valence-electron chi connectivity index (χ2n) is 7.52. The lowest BCUT2D eigenvalue weighted by Gasteiger charge is -2.12. The summed E-state index contributed by atoms with van der Waals surface area (Å²) in [6.45, 7) is 0.949. The Balaban J connectivity index is 1.53. The van der Waals surface area contributed by atoms with E-state index >= 15 is 0 Å². The van der Waals surface area contributed by atoms with Crippen molar-refractivity contribution >= 4 is 32.4 Å². The van der Waals surface area contributed by atoms with Crippen LogP contribution in [-0.2, 0) is 14.8 Å². The summed E-state index contributed by atoms with van der Waals surface area (Å²) in [5.74, 6) is 0.235. The van der Waals surface area contributed by atoms with Crippen LogP contribution in [0.4, 0.5) is 15.9 Å². The van der Waals surface area contributed by atoms with Crippen molar-refractivity contribution in [1.29, 1.82) is 0 Å². The summed E-state index contributed by atoms with van der Waals surface area (Å²) < 4.78 is 48.8. The SMILES string of the molecule is O=S(=O)(NC1CCOC1)c1ccc2c(c1)c(Nc1ccc(F)cc1)nn2C1CC1. The third-order valence-corrected chi connectivity index (χ3v) is 6.76. The molecule has 2 aromatic carbocycles. The summed E-state index contributed by atoms with van der Waals surface area (Å²) >= 11 is 0. The van der Waals surface area contributed by atoms with Crippen molar-refractivity contribution in [2.24, 2.45) is 0 Å². The van der Waals surface area contributed by atoms with E-state index < -0.39 is 10.0 Å². The molecule has 29 heavy (non-hydrogen) atoms. The zero-order chi connectivity index (χ0) is 20.0. The van der Waals surface area contributed by atoms with Crippen molar-refractivity contribution in [3.8, 4) is 0 Å². The Labute approximate surface area is 167 Å². The predicted molar refractivity (Wildman–Crippen MR) is 107 cm³/mol. The summed E-state index contributed by atoms with van der Waals surface area (Å²) in [4.78, 5) is 0.189. The maximum atomic E-state index is 13.2. The molecule has 5 rings (SSSR count). The molecule has 152 valence electrons. The molecule has 1 atom stereocenters. The highest BCUT2D eigenvalue weighted by Gasteiger charge is 2.29. The molecule has 0 radical (unpaired) electrons. The summed E-state index contributed by atoms with van der Waals surface area (Å²) in [5, 5.41) is 8.58. The normalized spacial score (nSPS) is 19.7. The Morgan fingerprint density at radius 3 is 2.59 bits per heavy atom. The first kappa shape index (κ1) is 18.5. The lowest BCUT2D eigenvalue weighted by atomic mass is 10.2. The number of fused-ring (bicyclic) bond motifs is 1. The van der Waals surface area contributed by atoms with Crippen LogP contribution in [-0.4, -0.2) is 37.5 Å². The van der Waals surface area contributed by atoms with Crippen LogP contribution in [0.2, 0.25) is 0 Å². The van der Waals surface area contributed by atoms with Gasteiger partial charge in [-0.05, 0) is 61.7 Å². The molecule has 0 amide bonds. The van der Waals surface area contributed by atoms with E-state index in [0.29, 0.717) is 42.6 Å². The topological polar surface area (TPSA) is 85.2 Å². The molecule has 1 saturated carbocycles. The average molecular weight is 416 g/mol. The Hall–Kier alpha value is -2.49. The van der Waals surface area contributed by atoms with Gasteiger partial charge >= 0.3 is 0 Å². The van der Waals surface area contributed by atoms with Crippen LogP contribution in [0.1, 0.15) is 25.3 Å². The first-order chi connectivity index (χ1) is 14.0. The van der Waals surface area contributed by atoms with Crippen LogP contribution in [0.3, 0.4) is 0 Å². The lowest BCUT2D eigenvalue weighted by molar-refractivity contribution is 0.192. The number of ether oxygens (including phenoxy) is 1. The largest absolute Gasteiger partial charge is 0.380 e. The van der Waals surface area contributed by atoms with Crippen LogP contribution in [0.5, 0.6) is 0 Å². The van der Waals surface area contributed by atoms with Gasteiger partial charge in [0.15, 0.2) is 5.82 Å². The second-order valence-corrected chi connectivity index (χ2v) is 9.23. The first-order valence-corrected chi connectivity index (χ1v) is 11.1. The lowest BCUT2D eigenvalue weighted by Crippen LogP contribution is -2.34. The third-order valence-electron chi connectivity index (χ3n) is 5.24. The van der Waals surface area contributed by atoms with Crippen molar-refractivity contribution in [1.82, 2.24) is 14.5 Å². The van der Waals surface area contributed by atoms with Crippen molar-refractivity contribution in [3.05, 3.63) is 48.3 Å². The smallest absolute Gasteiger partial charge is 0.240 e. The number of hydrogen-bond donors (Lipinski definition) is 2. The Morgan fingerprint density at radius 1 is 1.10 bits per heavy atom. The molecule has 1 saturated heterocycles. The Morgan fingerprint density at radius 2 is 1.90 bits per heavy atom. The first-order valence-electron chi connectivity index (χ1n) is 9.64. The molecule has 2 heterocycles. The number of anilines is 2. The number of rotatable bonds is 6. The number of halogens is 1. The molecule has 0 bridgehead atoms. The van der Waals surface area contributed by atoms with Gasteiger partial charge in [0, 0.05) is 23.7 Å². The van der Waals surface area contributed by atoms with Crippen LogP contribution in [0.25, 0.3) is 10.9 Å². The van der Waals surface area contributed by atoms with E-state index in [1.54, 1.807) is 30.3 Å². The van der Waals surface area contributed by atoms with E-state index in [2.05, 4.69) is 15.1 Å². The van der Waals surface area contributed by atoms with Gasteiger partial charge in [0.05, 0.1) is 23.1 Å². The second kappa shape index (κ2) is 7.08. The summed E-state index contributed by atoms with van der Waals surface area (Å²) in [6.07, 6.45) is 2.77. The molecule has 1 aliphatic carbocycles. The molecular weight excluding hydrogens is 395 g/mol. The number of benzene rings is 2. The Bertz CT molecular complexity index is 1150. The number of aromatic nitrogens is 2. The minimum absolute atomic E-state index is 0.189. The van der Waals surface area contributed by atoms with Gasteiger partial charge in [-0.25, -0.2) is 17.5 Å². The van der Waals surface area contributed by atoms with E-state index in [1.165, 1.54) is 12.1 Å². The van der Waals surface area contributed by atoms with E-state index in [-0.39, 0.29) is 16.8 Å². The highest BCUT2D eigenvalue weighted by molar-refractivity contribution is 7.89. The molecule has 2 fully saturated rings. The Kier molecular flexibility index (Phi) is 4.53. The van der Waals surface area contributed by atoms with Gasteiger partial charge in [0.25, 0.3) is 0 Å². The standard InChI is InChI=1S/C20H21FN4O3S/c21-13-1-3-14(4-2-13)22-20-18-11-17(29(26,27)24-15-9-10-28-12-15)7-8-19(18)25(23-20)16-5-6-16/h1-4,7-8,11,15-16,24H,5-6,9-10,12H2,(H,22,23). The van der Waals surface area contributed by atoms with Gasteiger partial charge in [0.2, 0.25) is 10.0 Å². The van der Waals surface area contributed by atoms with Gasteiger partial charge in [-0.1, -0.05) is 0 Å². The summed E-state index contributed by atoms with van der Waals surface area (Å²) in [6, 6.07) is 11.2. The fourth-order valence-corrected chi connectivity index (χ4v) is 4.84. The van der Waals surface area contributed by atoms with E-state index in [0.717, 1.165) is 18.4 Å². The van der Waals surface area contributed by atoms with Crippen molar-refractivity contribution in [2.75, 3.05) is 18.5 Å². The van der Waals surface area contributed by atoms with E-state index in [1.807, 2.05) is 4.68 Å². The number of hydrogen-bond acceptors (Lipinski definition) is 5. The van der Waals surface area contributed by atoms with Crippen molar-refractivity contribution < 1.29 is 17.5 Å². The van der Waals surface area contributed by atoms with Gasteiger partial charge in [-0.15, -0.1) is 0 Å². The highest BCUT2D eigenvalue weighted by atomic mass is 32.2. The molecule has 7 nitrogen and oxygen atoms in total. The van der Waals surface area contributed by atoms with Gasteiger partial charge in [-0.2, -0.15) is 5.10 Å². The molecule has 1 aliphatic heterocycles. The maximum absolute atomic E-state index is 13.2. The minimum Gasteiger partial charge on any atom is -0.380 e. The molecule has 1 unspecified atom stereocenters. The summed E-state index contributed by atoms with van der Waals surface area (Å²) in [7, 11) is -3.67. The molecule has 3 aromatic rings. The molecule has 1 aromatic heterocycles. The number of sulfonamides is 1. The summed E-state index contributed by atoms with van der Waals surface area (Å²) in [5.41, 5.74) is 1.56. The van der Waals surface area contributed by atoms with Gasteiger partial charge < -0.3 is 10.1 Å². The van der Waals surface area contributed by atoms with E-state index in [9.17, 15) is 12.8 Å². The molecule has 0 spiro atoms. The van der Waals surface area contributed by atoms with E-state index in [4.69, 9.17) is 4.74 Å². The maximum Gasteiger partial charge on any atom is 0.240 e.